The molecule has 1 aromatic rings. The summed E-state index contributed by atoms with van der Waals surface area (Å²) >= 11 is 0. The first-order valence-electron chi connectivity index (χ1n) is 4.85. The number of rotatable bonds is 4. The number of anilines is 1. The van der Waals surface area contributed by atoms with Crippen molar-refractivity contribution in [3.63, 3.8) is 0 Å². The molecule has 0 saturated heterocycles. The minimum Gasteiger partial charge on any atom is -0.330 e. The highest BCUT2D eigenvalue weighted by Gasteiger charge is 2.12. The summed E-state index contributed by atoms with van der Waals surface area (Å²) in [7, 11) is 0. The minimum absolute atomic E-state index is 0.121. The second-order valence-electron chi connectivity index (χ2n) is 3.33. The molecule has 0 spiro atoms. The molecular formula is C11H13FN2O2. The Hall–Kier alpha value is -1.75. The van der Waals surface area contributed by atoms with Crippen LogP contribution in [0.5, 0.6) is 0 Å². The Morgan fingerprint density at radius 3 is 2.69 bits per heavy atom. The van der Waals surface area contributed by atoms with Crippen molar-refractivity contribution in [3.8, 4) is 0 Å². The third-order valence-corrected chi connectivity index (χ3v) is 1.96. The average molecular weight is 224 g/mol. The van der Waals surface area contributed by atoms with E-state index in [9.17, 15) is 14.0 Å². The van der Waals surface area contributed by atoms with E-state index in [0.29, 0.717) is 5.69 Å². The number of nitrogens with one attached hydrogen (secondary N) is 1. The van der Waals surface area contributed by atoms with Crippen LogP contribution >= 0.6 is 0 Å². The third kappa shape index (κ3) is 3.13. The number of Topliss-reactive ketones (excluding diaryl/α,β-unsaturated/α-hetero) is 1. The standard InChI is InChI=1S/C11H13FN2O2/c1-7(15)14-10-3-2-8(12)6-9(10)11(16)4-5-13/h2-3,6H,4-5,13H2,1H3,(H,14,15). The van der Waals surface area contributed by atoms with Crippen molar-refractivity contribution in [1.82, 2.24) is 0 Å². The molecule has 0 saturated carbocycles. The van der Waals surface area contributed by atoms with Gasteiger partial charge in [-0.15, -0.1) is 0 Å². The van der Waals surface area contributed by atoms with E-state index in [1.54, 1.807) is 0 Å². The fourth-order valence-electron chi connectivity index (χ4n) is 1.31. The smallest absolute Gasteiger partial charge is 0.221 e. The van der Waals surface area contributed by atoms with Gasteiger partial charge in [-0.2, -0.15) is 0 Å². The van der Waals surface area contributed by atoms with Gasteiger partial charge in [0.05, 0.1) is 5.69 Å². The number of carbonyl (C=O) groups is 2. The first-order chi connectivity index (χ1) is 7.54. The summed E-state index contributed by atoms with van der Waals surface area (Å²) in [6.07, 6.45) is 0.121. The predicted molar refractivity (Wildman–Crippen MR) is 58.7 cm³/mol. The molecule has 0 aliphatic heterocycles. The van der Waals surface area contributed by atoms with Crippen LogP contribution in [-0.4, -0.2) is 18.2 Å². The fraction of sp³-hybridized carbons (Fsp3) is 0.273. The van der Waals surface area contributed by atoms with Gasteiger partial charge in [0.25, 0.3) is 0 Å². The van der Waals surface area contributed by atoms with Gasteiger partial charge in [-0.3, -0.25) is 9.59 Å². The van der Waals surface area contributed by atoms with Gasteiger partial charge >= 0.3 is 0 Å². The Morgan fingerprint density at radius 2 is 2.12 bits per heavy atom. The number of carbonyl (C=O) groups excluding carboxylic acids is 2. The van der Waals surface area contributed by atoms with Crippen LogP contribution in [0.25, 0.3) is 0 Å². The van der Waals surface area contributed by atoms with Gasteiger partial charge in [-0.1, -0.05) is 0 Å². The lowest BCUT2D eigenvalue weighted by atomic mass is 10.1. The second-order valence-corrected chi connectivity index (χ2v) is 3.33. The molecule has 4 nitrogen and oxygen atoms in total. The first kappa shape index (κ1) is 12.3. The van der Waals surface area contributed by atoms with Gasteiger partial charge in [-0.25, -0.2) is 4.39 Å². The topological polar surface area (TPSA) is 72.2 Å². The van der Waals surface area contributed by atoms with E-state index in [4.69, 9.17) is 5.73 Å². The molecule has 1 aromatic carbocycles. The Morgan fingerprint density at radius 1 is 1.44 bits per heavy atom. The number of benzene rings is 1. The maximum atomic E-state index is 13.0. The summed E-state index contributed by atoms with van der Waals surface area (Å²) in [5.74, 6) is -1.12. The number of amides is 1. The number of hydrogen-bond donors (Lipinski definition) is 2. The lowest BCUT2D eigenvalue weighted by molar-refractivity contribution is -0.114. The van der Waals surface area contributed by atoms with E-state index in [1.165, 1.54) is 19.1 Å². The molecule has 1 rings (SSSR count). The number of halogens is 1. The Balaban J connectivity index is 3.07. The van der Waals surface area contributed by atoms with Gasteiger partial charge in [-0.05, 0) is 24.7 Å². The van der Waals surface area contributed by atoms with Gasteiger partial charge in [0.2, 0.25) is 5.91 Å². The monoisotopic (exact) mass is 224 g/mol. The molecule has 0 aliphatic carbocycles. The third-order valence-electron chi connectivity index (χ3n) is 1.96. The van der Waals surface area contributed by atoms with Crippen LogP contribution in [0.3, 0.4) is 0 Å². The van der Waals surface area contributed by atoms with Crippen LogP contribution in [0, 0.1) is 5.82 Å². The van der Waals surface area contributed by atoms with Gasteiger partial charge in [0.1, 0.15) is 5.82 Å². The van der Waals surface area contributed by atoms with Crippen molar-refractivity contribution < 1.29 is 14.0 Å². The summed E-state index contributed by atoms with van der Waals surface area (Å²) in [6, 6.07) is 3.65. The zero-order chi connectivity index (χ0) is 12.1. The normalized spacial score (nSPS) is 9.94. The maximum absolute atomic E-state index is 13.0. The van der Waals surface area contributed by atoms with Crippen molar-refractivity contribution in [2.45, 2.75) is 13.3 Å². The van der Waals surface area contributed by atoms with Crippen molar-refractivity contribution in [2.75, 3.05) is 11.9 Å². The maximum Gasteiger partial charge on any atom is 0.221 e. The summed E-state index contributed by atoms with van der Waals surface area (Å²) in [6.45, 7) is 1.51. The Kier molecular flexibility index (Phi) is 4.13. The molecule has 0 radical (unpaired) electrons. The van der Waals surface area contributed by atoms with E-state index < -0.39 is 5.82 Å². The van der Waals surface area contributed by atoms with E-state index in [2.05, 4.69) is 5.32 Å². The molecule has 16 heavy (non-hydrogen) atoms. The van der Waals surface area contributed by atoms with E-state index in [1.807, 2.05) is 0 Å². The molecule has 1 amide bonds. The predicted octanol–water partition coefficient (Wildman–Crippen LogP) is 1.32. The van der Waals surface area contributed by atoms with Crippen LogP contribution in [0.4, 0.5) is 10.1 Å². The zero-order valence-electron chi connectivity index (χ0n) is 8.92. The van der Waals surface area contributed by atoms with Crippen LogP contribution in [-0.2, 0) is 4.79 Å². The summed E-state index contributed by atoms with van der Waals surface area (Å²) < 4.78 is 13.0. The molecule has 0 fully saturated rings. The van der Waals surface area contributed by atoms with Crippen LogP contribution in [0.15, 0.2) is 18.2 Å². The van der Waals surface area contributed by atoms with Crippen LogP contribution < -0.4 is 11.1 Å². The van der Waals surface area contributed by atoms with E-state index in [-0.39, 0.29) is 30.2 Å². The summed E-state index contributed by atoms with van der Waals surface area (Å²) in [5, 5.41) is 2.47. The van der Waals surface area contributed by atoms with Crippen LogP contribution in [0.2, 0.25) is 0 Å². The Labute approximate surface area is 92.6 Å². The highest BCUT2D eigenvalue weighted by molar-refractivity contribution is 6.04. The quantitative estimate of drug-likeness (QED) is 0.757. The summed E-state index contributed by atoms with van der Waals surface area (Å²) in [4.78, 5) is 22.5. The lowest BCUT2D eigenvalue weighted by Crippen LogP contribution is -2.13. The highest BCUT2D eigenvalue weighted by Crippen LogP contribution is 2.18. The molecule has 0 aromatic heterocycles. The molecule has 0 heterocycles. The summed E-state index contributed by atoms with van der Waals surface area (Å²) in [5.41, 5.74) is 5.72. The molecule has 86 valence electrons. The number of ketones is 1. The Bertz CT molecular complexity index is 418. The molecule has 0 unspecified atom stereocenters. The van der Waals surface area contributed by atoms with E-state index >= 15 is 0 Å². The number of hydrogen-bond acceptors (Lipinski definition) is 3. The largest absolute Gasteiger partial charge is 0.330 e. The zero-order valence-corrected chi connectivity index (χ0v) is 8.92. The van der Waals surface area contributed by atoms with Crippen molar-refractivity contribution in [2.24, 2.45) is 5.73 Å². The molecule has 3 N–H and O–H groups in total. The molecule has 0 atom stereocenters. The molecule has 0 aliphatic rings. The molecular weight excluding hydrogens is 211 g/mol. The highest BCUT2D eigenvalue weighted by atomic mass is 19.1. The van der Waals surface area contributed by atoms with E-state index in [0.717, 1.165) is 6.07 Å². The molecule has 5 heteroatoms. The van der Waals surface area contributed by atoms with Crippen LogP contribution in [0.1, 0.15) is 23.7 Å². The first-order valence-corrected chi connectivity index (χ1v) is 4.85. The molecule has 0 bridgehead atoms. The minimum atomic E-state index is -0.519. The van der Waals surface area contributed by atoms with Crippen molar-refractivity contribution in [1.29, 1.82) is 0 Å². The van der Waals surface area contributed by atoms with Gasteiger partial charge < -0.3 is 11.1 Å². The van der Waals surface area contributed by atoms with Crippen molar-refractivity contribution in [3.05, 3.63) is 29.6 Å². The van der Waals surface area contributed by atoms with Crippen molar-refractivity contribution >= 4 is 17.4 Å². The van der Waals surface area contributed by atoms with Gasteiger partial charge in [0, 0.05) is 18.9 Å². The second kappa shape index (κ2) is 5.37. The van der Waals surface area contributed by atoms with Gasteiger partial charge in [0.15, 0.2) is 5.78 Å². The number of nitrogens with two attached hydrogens (primary N) is 1. The SMILES string of the molecule is CC(=O)Nc1ccc(F)cc1C(=O)CCN. The lowest BCUT2D eigenvalue weighted by Gasteiger charge is -2.08. The fourth-order valence-corrected chi connectivity index (χ4v) is 1.31. The average Bonchev–Trinajstić information content (AvgIpc) is 2.20.